The van der Waals surface area contributed by atoms with Crippen molar-refractivity contribution in [3.8, 4) is 11.5 Å². The molecule has 1 fully saturated rings. The summed E-state index contributed by atoms with van der Waals surface area (Å²) in [4.78, 5) is 0. The molecule has 1 saturated carbocycles. The maximum atomic E-state index is 6.00. The van der Waals surface area contributed by atoms with Crippen molar-refractivity contribution in [2.75, 3.05) is 12.3 Å². The molecule has 100 valence electrons. The van der Waals surface area contributed by atoms with Crippen LogP contribution < -0.4 is 15.2 Å². The smallest absolute Gasteiger partial charge is 0.145 e. The largest absolute Gasteiger partial charge is 0.491 e. The van der Waals surface area contributed by atoms with Gasteiger partial charge in [0.05, 0.1) is 18.4 Å². The number of hydrogen-bond donors (Lipinski definition) is 1. The first kappa shape index (κ1) is 13.1. The first-order valence-corrected chi connectivity index (χ1v) is 6.98. The van der Waals surface area contributed by atoms with Crippen LogP contribution in [0.2, 0.25) is 0 Å². The van der Waals surface area contributed by atoms with Gasteiger partial charge in [0, 0.05) is 6.07 Å². The van der Waals surface area contributed by atoms with E-state index in [2.05, 4.69) is 6.92 Å². The summed E-state index contributed by atoms with van der Waals surface area (Å²) in [5.41, 5.74) is 6.56. The molecule has 0 heterocycles. The maximum Gasteiger partial charge on any atom is 0.145 e. The van der Waals surface area contributed by atoms with Crippen molar-refractivity contribution in [3.63, 3.8) is 0 Å². The Morgan fingerprint density at radius 2 is 2.00 bits per heavy atom. The highest BCUT2D eigenvalue weighted by Gasteiger charge is 2.15. The van der Waals surface area contributed by atoms with Gasteiger partial charge in [-0.05, 0) is 44.2 Å². The maximum absolute atomic E-state index is 6.00. The van der Waals surface area contributed by atoms with E-state index in [0.717, 1.165) is 30.8 Å². The predicted molar refractivity (Wildman–Crippen MR) is 74.1 cm³/mol. The van der Waals surface area contributed by atoms with Crippen LogP contribution in [-0.4, -0.2) is 12.7 Å². The molecular weight excluding hydrogens is 226 g/mol. The topological polar surface area (TPSA) is 44.5 Å². The lowest BCUT2D eigenvalue weighted by molar-refractivity contribution is 0.154. The quantitative estimate of drug-likeness (QED) is 0.808. The van der Waals surface area contributed by atoms with Gasteiger partial charge in [0.1, 0.15) is 11.5 Å². The van der Waals surface area contributed by atoms with Gasteiger partial charge in [-0.3, -0.25) is 0 Å². The van der Waals surface area contributed by atoms with E-state index in [4.69, 9.17) is 15.2 Å². The average Bonchev–Trinajstić information content (AvgIpc) is 2.40. The highest BCUT2D eigenvalue weighted by atomic mass is 16.5. The first-order valence-electron chi connectivity index (χ1n) is 6.98. The second kappa shape index (κ2) is 6.53. The minimum Gasteiger partial charge on any atom is -0.491 e. The molecule has 1 aromatic carbocycles. The standard InChI is InChI=1S/C15H23NO2/c1-2-10-17-15-11-13(8-9-14(15)16)18-12-6-4-3-5-7-12/h8-9,11-12H,2-7,10,16H2,1H3. The van der Waals surface area contributed by atoms with E-state index in [9.17, 15) is 0 Å². The number of ether oxygens (including phenoxy) is 2. The van der Waals surface area contributed by atoms with E-state index in [-0.39, 0.29) is 0 Å². The first-order chi connectivity index (χ1) is 8.79. The van der Waals surface area contributed by atoms with Crippen LogP contribution in [0.15, 0.2) is 18.2 Å². The Bertz CT molecular complexity index is 373. The number of hydrogen-bond acceptors (Lipinski definition) is 3. The molecule has 0 bridgehead atoms. The Kier molecular flexibility index (Phi) is 4.73. The minimum absolute atomic E-state index is 0.362. The van der Waals surface area contributed by atoms with E-state index >= 15 is 0 Å². The van der Waals surface area contributed by atoms with Crippen molar-refractivity contribution < 1.29 is 9.47 Å². The molecule has 0 unspecified atom stereocenters. The summed E-state index contributed by atoms with van der Waals surface area (Å²) in [5, 5.41) is 0. The molecule has 3 heteroatoms. The van der Waals surface area contributed by atoms with Gasteiger partial charge in [-0.2, -0.15) is 0 Å². The van der Waals surface area contributed by atoms with Crippen LogP contribution in [0.4, 0.5) is 5.69 Å². The molecule has 1 aliphatic rings. The zero-order chi connectivity index (χ0) is 12.8. The lowest BCUT2D eigenvalue weighted by Gasteiger charge is -2.23. The van der Waals surface area contributed by atoms with Crippen LogP contribution in [0.1, 0.15) is 45.4 Å². The fourth-order valence-corrected chi connectivity index (χ4v) is 2.30. The number of rotatable bonds is 5. The Balaban J connectivity index is 1.99. The summed E-state index contributed by atoms with van der Waals surface area (Å²) >= 11 is 0. The summed E-state index contributed by atoms with van der Waals surface area (Å²) in [6.07, 6.45) is 7.56. The highest BCUT2D eigenvalue weighted by Crippen LogP contribution is 2.30. The van der Waals surface area contributed by atoms with Crippen molar-refractivity contribution in [2.45, 2.75) is 51.6 Å². The van der Waals surface area contributed by atoms with Crippen molar-refractivity contribution >= 4 is 5.69 Å². The fourth-order valence-electron chi connectivity index (χ4n) is 2.30. The SMILES string of the molecule is CCCOc1cc(OC2CCCCC2)ccc1N. The lowest BCUT2D eigenvalue weighted by atomic mass is 9.98. The molecule has 1 aromatic rings. The molecule has 0 radical (unpaired) electrons. The third kappa shape index (κ3) is 3.56. The van der Waals surface area contributed by atoms with Crippen LogP contribution in [0.25, 0.3) is 0 Å². The normalized spacial score (nSPS) is 16.5. The summed E-state index contributed by atoms with van der Waals surface area (Å²) < 4.78 is 11.6. The van der Waals surface area contributed by atoms with E-state index in [0.29, 0.717) is 18.4 Å². The van der Waals surface area contributed by atoms with E-state index in [1.54, 1.807) is 0 Å². The van der Waals surface area contributed by atoms with Crippen molar-refractivity contribution in [1.29, 1.82) is 0 Å². The molecule has 2 rings (SSSR count). The Labute approximate surface area is 109 Å². The van der Waals surface area contributed by atoms with Gasteiger partial charge in [0.2, 0.25) is 0 Å². The number of benzene rings is 1. The van der Waals surface area contributed by atoms with Gasteiger partial charge in [-0.1, -0.05) is 13.3 Å². The summed E-state index contributed by atoms with van der Waals surface area (Å²) in [6, 6.07) is 5.71. The van der Waals surface area contributed by atoms with Crippen LogP contribution in [0.3, 0.4) is 0 Å². The third-order valence-electron chi connectivity index (χ3n) is 3.30. The number of anilines is 1. The molecule has 0 atom stereocenters. The lowest BCUT2D eigenvalue weighted by Crippen LogP contribution is -2.19. The number of nitrogens with two attached hydrogens (primary N) is 1. The molecule has 0 aliphatic heterocycles. The Morgan fingerprint density at radius 1 is 1.22 bits per heavy atom. The van der Waals surface area contributed by atoms with Gasteiger partial charge >= 0.3 is 0 Å². The molecule has 18 heavy (non-hydrogen) atoms. The van der Waals surface area contributed by atoms with Crippen LogP contribution in [0.5, 0.6) is 11.5 Å². The van der Waals surface area contributed by atoms with Gasteiger partial charge in [0.25, 0.3) is 0 Å². The Morgan fingerprint density at radius 3 is 2.72 bits per heavy atom. The van der Waals surface area contributed by atoms with Gasteiger partial charge < -0.3 is 15.2 Å². The van der Waals surface area contributed by atoms with Crippen LogP contribution >= 0.6 is 0 Å². The van der Waals surface area contributed by atoms with Crippen LogP contribution in [-0.2, 0) is 0 Å². The average molecular weight is 249 g/mol. The monoisotopic (exact) mass is 249 g/mol. The van der Waals surface area contributed by atoms with Gasteiger partial charge in [-0.25, -0.2) is 0 Å². The summed E-state index contributed by atoms with van der Waals surface area (Å²) in [7, 11) is 0. The molecular formula is C15H23NO2. The molecule has 0 saturated heterocycles. The molecule has 1 aliphatic carbocycles. The second-order valence-corrected chi connectivity index (χ2v) is 4.93. The Hall–Kier alpha value is -1.38. The van der Waals surface area contributed by atoms with Gasteiger partial charge in [0.15, 0.2) is 0 Å². The zero-order valence-corrected chi connectivity index (χ0v) is 11.2. The zero-order valence-electron chi connectivity index (χ0n) is 11.2. The highest BCUT2D eigenvalue weighted by molar-refractivity contribution is 5.55. The predicted octanol–water partition coefficient (Wildman–Crippen LogP) is 3.77. The second-order valence-electron chi connectivity index (χ2n) is 4.93. The minimum atomic E-state index is 0.362. The van der Waals surface area contributed by atoms with Gasteiger partial charge in [-0.15, -0.1) is 0 Å². The van der Waals surface area contributed by atoms with Crippen molar-refractivity contribution in [1.82, 2.24) is 0 Å². The van der Waals surface area contributed by atoms with Crippen LogP contribution in [0, 0.1) is 0 Å². The van der Waals surface area contributed by atoms with Crippen molar-refractivity contribution in [2.24, 2.45) is 0 Å². The molecule has 2 N–H and O–H groups in total. The van der Waals surface area contributed by atoms with E-state index < -0.39 is 0 Å². The third-order valence-corrected chi connectivity index (χ3v) is 3.30. The summed E-state index contributed by atoms with van der Waals surface area (Å²) in [5.74, 6) is 1.62. The molecule has 0 spiro atoms. The summed E-state index contributed by atoms with van der Waals surface area (Å²) in [6.45, 7) is 2.77. The van der Waals surface area contributed by atoms with Crippen molar-refractivity contribution in [3.05, 3.63) is 18.2 Å². The molecule has 3 nitrogen and oxygen atoms in total. The fraction of sp³-hybridized carbons (Fsp3) is 0.600. The molecule has 0 amide bonds. The number of nitrogen functional groups attached to an aromatic ring is 1. The molecule has 0 aromatic heterocycles. The van der Waals surface area contributed by atoms with E-state index in [1.807, 2.05) is 18.2 Å². The van der Waals surface area contributed by atoms with E-state index in [1.165, 1.54) is 19.3 Å².